The van der Waals surface area contributed by atoms with Crippen molar-refractivity contribution in [3.63, 3.8) is 0 Å². The normalized spacial score (nSPS) is 13.9. The van der Waals surface area contributed by atoms with E-state index in [1.165, 1.54) is 11.3 Å². The Morgan fingerprint density at radius 3 is 2.81 bits per heavy atom. The second-order valence-electron chi connectivity index (χ2n) is 3.53. The van der Waals surface area contributed by atoms with Crippen molar-refractivity contribution in [1.29, 1.82) is 0 Å². The molecule has 0 spiro atoms. The van der Waals surface area contributed by atoms with Crippen LogP contribution in [-0.4, -0.2) is 25.0 Å². The summed E-state index contributed by atoms with van der Waals surface area (Å²) in [4.78, 5) is 4.24. The quantitative estimate of drug-likeness (QED) is 0.813. The van der Waals surface area contributed by atoms with Crippen LogP contribution in [0.25, 0.3) is 0 Å². The molecule has 1 aromatic rings. The highest BCUT2D eigenvalue weighted by Gasteiger charge is 2.17. The molecule has 1 N–H and O–H groups in total. The Labute approximate surface area is 105 Å². The van der Waals surface area contributed by atoms with Gasteiger partial charge in [0.15, 0.2) is 0 Å². The lowest BCUT2D eigenvalue weighted by atomic mass is 10.4. The fourth-order valence-electron chi connectivity index (χ4n) is 1.19. The minimum absolute atomic E-state index is 0.0607. The van der Waals surface area contributed by atoms with Crippen molar-refractivity contribution in [2.24, 2.45) is 0 Å². The average molecular weight is 283 g/mol. The van der Waals surface area contributed by atoms with Gasteiger partial charge in [-0.05, 0) is 20.3 Å². The summed E-state index contributed by atoms with van der Waals surface area (Å²) in [5.41, 5.74) is 0.909. The van der Waals surface area contributed by atoms with Crippen LogP contribution in [0.1, 0.15) is 30.1 Å². The third-order valence-electron chi connectivity index (χ3n) is 1.91. The zero-order valence-electron chi connectivity index (χ0n) is 9.23. The first-order valence-electron chi connectivity index (χ1n) is 4.92. The van der Waals surface area contributed by atoms with E-state index in [2.05, 4.69) is 9.71 Å². The number of aryl methyl sites for hydroxylation is 1. The van der Waals surface area contributed by atoms with E-state index in [0.29, 0.717) is 12.3 Å². The SMILES string of the molecule is Cc1csc(C(C)NS(=O)(=O)CCCCl)n1. The van der Waals surface area contributed by atoms with E-state index in [1.807, 2.05) is 12.3 Å². The Bertz CT molecular complexity index is 430. The highest BCUT2D eigenvalue weighted by atomic mass is 35.5. The summed E-state index contributed by atoms with van der Waals surface area (Å²) in [7, 11) is -3.25. The first-order valence-corrected chi connectivity index (χ1v) is 7.99. The molecule has 0 bridgehead atoms. The first-order chi connectivity index (χ1) is 7.44. The number of rotatable bonds is 6. The van der Waals surface area contributed by atoms with Gasteiger partial charge in [0.1, 0.15) is 5.01 Å². The lowest BCUT2D eigenvalue weighted by Gasteiger charge is -2.11. The molecule has 0 aliphatic heterocycles. The summed E-state index contributed by atoms with van der Waals surface area (Å²) >= 11 is 6.92. The van der Waals surface area contributed by atoms with Crippen LogP contribution in [0.3, 0.4) is 0 Å². The second-order valence-corrected chi connectivity index (χ2v) is 6.67. The Morgan fingerprint density at radius 1 is 1.62 bits per heavy atom. The molecule has 0 saturated carbocycles. The van der Waals surface area contributed by atoms with Crippen LogP contribution in [-0.2, 0) is 10.0 Å². The molecular formula is C9H15ClN2O2S2. The summed E-state index contributed by atoms with van der Waals surface area (Å²) in [6.45, 7) is 3.67. The molecule has 16 heavy (non-hydrogen) atoms. The molecule has 0 saturated heterocycles. The molecule has 0 amide bonds. The lowest BCUT2D eigenvalue weighted by Crippen LogP contribution is -2.29. The molecule has 1 unspecified atom stereocenters. The van der Waals surface area contributed by atoms with E-state index >= 15 is 0 Å². The summed E-state index contributed by atoms with van der Waals surface area (Å²) in [5.74, 6) is 0.414. The van der Waals surface area contributed by atoms with Gasteiger partial charge >= 0.3 is 0 Å². The predicted molar refractivity (Wildman–Crippen MR) is 67.5 cm³/mol. The number of aromatic nitrogens is 1. The summed E-state index contributed by atoms with van der Waals surface area (Å²) < 4.78 is 25.8. The Balaban J connectivity index is 2.60. The number of sulfonamides is 1. The maximum Gasteiger partial charge on any atom is 0.212 e. The van der Waals surface area contributed by atoms with Gasteiger partial charge in [0.05, 0.1) is 11.8 Å². The zero-order valence-corrected chi connectivity index (χ0v) is 11.6. The van der Waals surface area contributed by atoms with Crippen molar-refractivity contribution in [3.05, 3.63) is 16.1 Å². The van der Waals surface area contributed by atoms with Gasteiger partial charge in [0.2, 0.25) is 10.0 Å². The molecule has 1 aromatic heterocycles. The van der Waals surface area contributed by atoms with Crippen LogP contribution < -0.4 is 4.72 Å². The van der Waals surface area contributed by atoms with Gasteiger partial charge in [-0.1, -0.05) is 0 Å². The number of hydrogen-bond acceptors (Lipinski definition) is 4. The third kappa shape index (κ3) is 4.37. The third-order valence-corrected chi connectivity index (χ3v) is 4.86. The standard InChI is InChI=1S/C9H15ClN2O2S2/c1-7-6-15-9(11-7)8(2)12-16(13,14)5-3-4-10/h6,8,12H,3-5H2,1-2H3. The zero-order chi connectivity index (χ0) is 12.2. The van der Waals surface area contributed by atoms with Gasteiger partial charge in [-0.2, -0.15) is 0 Å². The van der Waals surface area contributed by atoms with Crippen molar-refractivity contribution in [3.8, 4) is 0 Å². The number of nitrogens with one attached hydrogen (secondary N) is 1. The number of halogens is 1. The van der Waals surface area contributed by atoms with Crippen LogP contribution in [0.2, 0.25) is 0 Å². The smallest absolute Gasteiger partial charge is 0.212 e. The van der Waals surface area contributed by atoms with Crippen LogP contribution >= 0.6 is 22.9 Å². The lowest BCUT2D eigenvalue weighted by molar-refractivity contribution is 0.565. The van der Waals surface area contributed by atoms with Crippen molar-refractivity contribution in [2.45, 2.75) is 26.3 Å². The summed E-state index contributed by atoms with van der Waals surface area (Å²) in [5, 5.41) is 2.69. The van der Waals surface area contributed by atoms with Crippen molar-refractivity contribution >= 4 is 33.0 Å². The monoisotopic (exact) mass is 282 g/mol. The van der Waals surface area contributed by atoms with E-state index in [-0.39, 0.29) is 11.8 Å². The van der Waals surface area contributed by atoms with Crippen molar-refractivity contribution in [2.75, 3.05) is 11.6 Å². The molecule has 0 fully saturated rings. The molecule has 0 aliphatic carbocycles. The van der Waals surface area contributed by atoms with Gasteiger partial charge in [-0.3, -0.25) is 0 Å². The first kappa shape index (κ1) is 13.9. The highest BCUT2D eigenvalue weighted by molar-refractivity contribution is 7.89. The molecule has 0 aliphatic rings. The average Bonchev–Trinajstić information content (AvgIpc) is 2.61. The Kier molecular flexibility index (Phi) is 5.17. The number of thiazole rings is 1. The Morgan fingerprint density at radius 2 is 2.31 bits per heavy atom. The fraction of sp³-hybridized carbons (Fsp3) is 0.667. The van der Waals surface area contributed by atoms with Crippen LogP contribution in [0.4, 0.5) is 0 Å². The maximum atomic E-state index is 11.6. The second kappa shape index (κ2) is 5.95. The van der Waals surface area contributed by atoms with E-state index in [1.54, 1.807) is 6.92 Å². The van der Waals surface area contributed by atoms with Crippen molar-refractivity contribution in [1.82, 2.24) is 9.71 Å². The maximum absolute atomic E-state index is 11.6. The molecule has 7 heteroatoms. The number of alkyl halides is 1. The molecule has 0 radical (unpaired) electrons. The van der Waals surface area contributed by atoms with Gasteiger partial charge < -0.3 is 0 Å². The van der Waals surface area contributed by atoms with Crippen LogP contribution in [0.5, 0.6) is 0 Å². The summed E-state index contributed by atoms with van der Waals surface area (Å²) in [6, 6.07) is -0.279. The minimum atomic E-state index is -3.25. The van der Waals surface area contributed by atoms with Gasteiger partial charge in [-0.15, -0.1) is 22.9 Å². The van der Waals surface area contributed by atoms with E-state index < -0.39 is 10.0 Å². The molecular weight excluding hydrogens is 268 g/mol. The van der Waals surface area contributed by atoms with Gasteiger partial charge in [0.25, 0.3) is 0 Å². The molecule has 92 valence electrons. The van der Waals surface area contributed by atoms with E-state index in [0.717, 1.165) is 10.7 Å². The molecule has 1 rings (SSSR count). The molecule has 1 atom stereocenters. The topological polar surface area (TPSA) is 59.1 Å². The van der Waals surface area contributed by atoms with Crippen LogP contribution in [0, 0.1) is 6.92 Å². The molecule has 4 nitrogen and oxygen atoms in total. The largest absolute Gasteiger partial charge is 0.245 e. The van der Waals surface area contributed by atoms with Gasteiger partial charge in [-0.25, -0.2) is 18.1 Å². The molecule has 0 aromatic carbocycles. The van der Waals surface area contributed by atoms with Crippen LogP contribution in [0.15, 0.2) is 5.38 Å². The van der Waals surface area contributed by atoms with E-state index in [4.69, 9.17) is 11.6 Å². The van der Waals surface area contributed by atoms with Crippen molar-refractivity contribution < 1.29 is 8.42 Å². The fourth-order valence-corrected chi connectivity index (χ4v) is 3.66. The number of nitrogens with zero attached hydrogens (tertiary/aromatic N) is 1. The predicted octanol–water partition coefficient (Wildman–Crippen LogP) is 2.06. The number of hydrogen-bond donors (Lipinski definition) is 1. The van der Waals surface area contributed by atoms with E-state index in [9.17, 15) is 8.42 Å². The highest BCUT2D eigenvalue weighted by Crippen LogP contribution is 2.18. The summed E-state index contributed by atoms with van der Waals surface area (Å²) in [6.07, 6.45) is 0.459. The minimum Gasteiger partial charge on any atom is -0.245 e. The van der Waals surface area contributed by atoms with Gasteiger partial charge in [0, 0.05) is 17.0 Å². The Hall–Kier alpha value is -0.170. The molecule has 1 heterocycles.